The zero-order valence-electron chi connectivity index (χ0n) is 10.3. The van der Waals surface area contributed by atoms with E-state index in [1.807, 2.05) is 6.92 Å². The molecule has 1 rings (SSSR count). The summed E-state index contributed by atoms with van der Waals surface area (Å²) in [5.41, 5.74) is 4.42. The molecule has 4 N–H and O–H groups in total. The van der Waals surface area contributed by atoms with E-state index >= 15 is 0 Å². The Hall–Kier alpha value is -1.63. The van der Waals surface area contributed by atoms with Gasteiger partial charge in [-0.15, -0.1) is 0 Å². The number of nitrogens with two attached hydrogens (primary N) is 1. The van der Waals surface area contributed by atoms with Gasteiger partial charge in [-0.1, -0.05) is 6.92 Å². The maximum Gasteiger partial charge on any atom is 0.331 e. The van der Waals surface area contributed by atoms with Crippen LogP contribution in [0.1, 0.15) is 32.6 Å². The highest BCUT2D eigenvalue weighted by atomic mass is 16.5. The van der Waals surface area contributed by atoms with Crippen LogP contribution >= 0.6 is 0 Å². The van der Waals surface area contributed by atoms with Gasteiger partial charge in [0.05, 0.1) is 19.1 Å². The molecule has 0 bridgehead atoms. The highest BCUT2D eigenvalue weighted by Crippen LogP contribution is 2.36. The minimum atomic E-state index is -1.16. The Kier molecular flexibility index (Phi) is 4.66. The molecule has 0 heterocycles. The Labute approximate surface area is 105 Å². The Balaban J connectivity index is 2.48. The first-order chi connectivity index (χ1) is 8.41. The van der Waals surface area contributed by atoms with Crippen LogP contribution in [-0.4, -0.2) is 41.1 Å². The van der Waals surface area contributed by atoms with Gasteiger partial charge in [0.15, 0.2) is 0 Å². The van der Waals surface area contributed by atoms with Crippen molar-refractivity contribution in [1.29, 1.82) is 0 Å². The maximum atomic E-state index is 11.7. The van der Waals surface area contributed by atoms with E-state index in [1.54, 1.807) is 0 Å². The quantitative estimate of drug-likeness (QED) is 0.524. The second kappa shape index (κ2) is 5.81. The van der Waals surface area contributed by atoms with Gasteiger partial charge >= 0.3 is 11.9 Å². The molecule has 7 nitrogen and oxygen atoms in total. The van der Waals surface area contributed by atoms with E-state index in [4.69, 9.17) is 15.6 Å². The molecule has 0 aliphatic heterocycles. The highest BCUT2D eigenvalue weighted by molar-refractivity contribution is 5.93. The lowest BCUT2D eigenvalue weighted by atomic mass is 10.2. The minimum Gasteiger partial charge on any atom is -0.481 e. The summed E-state index contributed by atoms with van der Waals surface area (Å²) in [4.78, 5) is 33.7. The zero-order chi connectivity index (χ0) is 13.8. The highest BCUT2D eigenvalue weighted by Gasteiger charge is 2.53. The summed E-state index contributed by atoms with van der Waals surface area (Å²) < 4.78 is 4.97. The molecule has 0 radical (unpaired) electrons. The number of rotatable bonds is 7. The van der Waals surface area contributed by atoms with Crippen molar-refractivity contribution in [3.8, 4) is 0 Å². The van der Waals surface area contributed by atoms with Crippen LogP contribution in [0.4, 0.5) is 0 Å². The molecule has 1 aliphatic carbocycles. The van der Waals surface area contributed by atoms with Crippen LogP contribution in [0.5, 0.6) is 0 Å². The molecule has 102 valence electrons. The van der Waals surface area contributed by atoms with E-state index in [-0.39, 0.29) is 0 Å². The van der Waals surface area contributed by atoms with Gasteiger partial charge in [-0.2, -0.15) is 0 Å². The Morgan fingerprint density at radius 2 is 2.06 bits per heavy atom. The number of carbonyl (C=O) groups is 3. The summed E-state index contributed by atoms with van der Waals surface area (Å²) in [5.74, 6) is -2.26. The average molecular weight is 258 g/mol. The molecule has 0 spiro atoms. The van der Waals surface area contributed by atoms with E-state index < -0.39 is 35.8 Å². The average Bonchev–Trinajstić information content (AvgIpc) is 3.05. The van der Waals surface area contributed by atoms with Crippen molar-refractivity contribution >= 4 is 17.8 Å². The fraction of sp³-hybridized carbons (Fsp3) is 0.727. The molecule has 0 aromatic rings. The van der Waals surface area contributed by atoms with Gasteiger partial charge in [0.25, 0.3) is 0 Å². The smallest absolute Gasteiger partial charge is 0.331 e. The summed E-state index contributed by atoms with van der Waals surface area (Å²) in [6, 6.07) is -1.15. The summed E-state index contributed by atoms with van der Waals surface area (Å²) >= 11 is 0. The standard InChI is InChI=1S/C11H18N2O5/c1-2-5-18-10(17)11(3-4-11)13-9(16)7(12)6-8(14)15/h7H,2-6,12H2,1H3,(H,13,16)(H,14,15)/t7-/m0/s1. The molecule has 1 fully saturated rings. The lowest BCUT2D eigenvalue weighted by molar-refractivity contribution is -0.149. The van der Waals surface area contributed by atoms with Crippen molar-refractivity contribution in [2.24, 2.45) is 5.73 Å². The summed E-state index contributed by atoms with van der Waals surface area (Å²) in [7, 11) is 0. The third-order valence-corrected chi connectivity index (χ3v) is 2.67. The number of carbonyl (C=O) groups excluding carboxylic acids is 2. The fourth-order valence-electron chi connectivity index (χ4n) is 1.45. The van der Waals surface area contributed by atoms with Crippen LogP contribution in [0.2, 0.25) is 0 Å². The molecule has 0 unspecified atom stereocenters. The van der Waals surface area contributed by atoms with Gasteiger partial charge in [-0.25, -0.2) is 4.79 Å². The zero-order valence-corrected chi connectivity index (χ0v) is 10.3. The minimum absolute atomic E-state index is 0.303. The first-order valence-electron chi connectivity index (χ1n) is 5.88. The summed E-state index contributed by atoms with van der Waals surface area (Å²) in [5, 5.41) is 11.0. The number of nitrogens with one attached hydrogen (secondary N) is 1. The topological polar surface area (TPSA) is 119 Å². The van der Waals surface area contributed by atoms with E-state index in [2.05, 4.69) is 5.32 Å². The van der Waals surface area contributed by atoms with Gasteiger partial charge in [0.1, 0.15) is 5.54 Å². The van der Waals surface area contributed by atoms with Crippen molar-refractivity contribution in [2.45, 2.75) is 44.2 Å². The van der Waals surface area contributed by atoms with Crippen molar-refractivity contribution in [2.75, 3.05) is 6.61 Å². The second-order valence-electron chi connectivity index (χ2n) is 4.41. The van der Waals surface area contributed by atoms with Crippen LogP contribution in [0.25, 0.3) is 0 Å². The molecule has 1 aliphatic rings. The second-order valence-corrected chi connectivity index (χ2v) is 4.41. The predicted molar refractivity (Wildman–Crippen MR) is 61.6 cm³/mol. The molecule has 0 saturated heterocycles. The van der Waals surface area contributed by atoms with Crippen LogP contribution in [0.15, 0.2) is 0 Å². The maximum absolute atomic E-state index is 11.7. The van der Waals surface area contributed by atoms with Gasteiger partial charge in [0.2, 0.25) is 5.91 Å². The first kappa shape index (κ1) is 14.4. The van der Waals surface area contributed by atoms with E-state index in [0.717, 1.165) is 0 Å². The molecule has 7 heteroatoms. The monoisotopic (exact) mass is 258 g/mol. The largest absolute Gasteiger partial charge is 0.481 e. The van der Waals surface area contributed by atoms with Crippen LogP contribution in [-0.2, 0) is 19.1 Å². The molecular weight excluding hydrogens is 240 g/mol. The van der Waals surface area contributed by atoms with E-state index in [0.29, 0.717) is 25.9 Å². The molecule has 0 aromatic carbocycles. The molecule has 18 heavy (non-hydrogen) atoms. The van der Waals surface area contributed by atoms with Crippen LogP contribution < -0.4 is 11.1 Å². The van der Waals surface area contributed by atoms with Gasteiger partial charge in [-0.05, 0) is 19.3 Å². The first-order valence-corrected chi connectivity index (χ1v) is 5.88. The van der Waals surface area contributed by atoms with Gasteiger partial charge in [-0.3, -0.25) is 9.59 Å². The number of hydrogen-bond donors (Lipinski definition) is 3. The number of amides is 1. The number of carboxylic acid groups (broad SMARTS) is 1. The number of carboxylic acids is 1. The van der Waals surface area contributed by atoms with E-state index in [9.17, 15) is 14.4 Å². The Morgan fingerprint density at radius 1 is 1.44 bits per heavy atom. The lowest BCUT2D eigenvalue weighted by Gasteiger charge is -2.18. The van der Waals surface area contributed by atoms with Crippen molar-refractivity contribution < 1.29 is 24.2 Å². The number of aliphatic carboxylic acids is 1. The van der Waals surface area contributed by atoms with E-state index in [1.165, 1.54) is 0 Å². The fourth-order valence-corrected chi connectivity index (χ4v) is 1.45. The predicted octanol–water partition coefficient (Wildman–Crippen LogP) is -0.610. The van der Waals surface area contributed by atoms with Crippen molar-refractivity contribution in [3.05, 3.63) is 0 Å². The van der Waals surface area contributed by atoms with Crippen LogP contribution in [0.3, 0.4) is 0 Å². The summed E-state index contributed by atoms with van der Waals surface area (Å²) in [6.07, 6.45) is 1.24. The summed E-state index contributed by atoms with van der Waals surface area (Å²) in [6.45, 7) is 2.17. The molecule has 0 aromatic heterocycles. The molecule has 1 saturated carbocycles. The van der Waals surface area contributed by atoms with Gasteiger partial charge < -0.3 is 20.9 Å². The van der Waals surface area contributed by atoms with Gasteiger partial charge in [0, 0.05) is 0 Å². The number of esters is 1. The Bertz CT molecular complexity index is 351. The Morgan fingerprint density at radius 3 is 2.50 bits per heavy atom. The molecular formula is C11H18N2O5. The van der Waals surface area contributed by atoms with Crippen LogP contribution in [0, 0.1) is 0 Å². The lowest BCUT2D eigenvalue weighted by Crippen LogP contribution is -2.51. The molecule has 1 atom stereocenters. The number of ether oxygens (including phenoxy) is 1. The molecule has 1 amide bonds. The number of hydrogen-bond acceptors (Lipinski definition) is 5. The van der Waals surface area contributed by atoms with Crippen molar-refractivity contribution in [1.82, 2.24) is 5.32 Å². The normalized spacial score (nSPS) is 17.7. The third kappa shape index (κ3) is 3.69. The third-order valence-electron chi connectivity index (χ3n) is 2.67. The van der Waals surface area contributed by atoms with Crippen molar-refractivity contribution in [3.63, 3.8) is 0 Å². The SMILES string of the molecule is CCCOC(=O)C1(NC(=O)[C@@H](N)CC(=O)O)CC1.